The van der Waals surface area contributed by atoms with Gasteiger partial charge in [-0.05, 0) is 44.2 Å². The van der Waals surface area contributed by atoms with E-state index in [4.69, 9.17) is 0 Å². The van der Waals surface area contributed by atoms with Crippen LogP contribution in [0.5, 0.6) is 0 Å². The third kappa shape index (κ3) is 3.58. The van der Waals surface area contributed by atoms with Crippen LogP contribution in [0.3, 0.4) is 0 Å². The van der Waals surface area contributed by atoms with Gasteiger partial charge in [0, 0.05) is 31.1 Å². The highest BCUT2D eigenvalue weighted by Crippen LogP contribution is 2.51. The van der Waals surface area contributed by atoms with Crippen molar-refractivity contribution in [2.45, 2.75) is 50.9 Å². The Kier molecular flexibility index (Phi) is 4.60. The van der Waals surface area contributed by atoms with Crippen LogP contribution in [0.1, 0.15) is 43.7 Å². The molecule has 24 heavy (non-hydrogen) atoms. The van der Waals surface area contributed by atoms with Crippen LogP contribution in [0.15, 0.2) is 24.3 Å². The fourth-order valence-corrected chi connectivity index (χ4v) is 3.59. The van der Waals surface area contributed by atoms with E-state index in [-0.39, 0.29) is 29.3 Å². The van der Waals surface area contributed by atoms with Gasteiger partial charge >= 0.3 is 6.18 Å². The molecule has 0 bridgehead atoms. The zero-order chi connectivity index (χ0) is 17.5. The highest BCUT2D eigenvalue weighted by molar-refractivity contribution is 5.83. The number of carbonyl (C=O) groups is 1. The largest absolute Gasteiger partial charge is 0.416 e. The van der Waals surface area contributed by atoms with Gasteiger partial charge in [0.25, 0.3) is 0 Å². The zero-order valence-electron chi connectivity index (χ0n) is 13.9. The maximum absolute atomic E-state index is 13.1. The number of nitrogens with one attached hydrogen (secondary N) is 1. The minimum Gasteiger partial charge on any atom is -0.352 e. The minimum atomic E-state index is -4.37. The molecular formula is C18H23F3N2O. The van der Waals surface area contributed by atoms with E-state index in [0.29, 0.717) is 12.5 Å². The average Bonchev–Trinajstić information content (AvgIpc) is 3.18. The zero-order valence-corrected chi connectivity index (χ0v) is 13.9. The standard InChI is InChI=1S/C18H23F3N2O/c1-11(2)23-8-7-12(10-23)22-17(24)15-9-14(15)13-5-3-4-6-16(13)18(19,20)21/h3-6,11-12,14-15H,7-10H2,1-2H3,(H,22,24)/t12-,14+,15+/m0/s1. The number of hydrogen-bond acceptors (Lipinski definition) is 2. The molecule has 0 aromatic heterocycles. The van der Waals surface area contributed by atoms with E-state index in [9.17, 15) is 18.0 Å². The van der Waals surface area contributed by atoms with Crippen molar-refractivity contribution in [3.63, 3.8) is 0 Å². The molecule has 1 aromatic carbocycles. The average molecular weight is 340 g/mol. The van der Waals surface area contributed by atoms with Crippen molar-refractivity contribution in [2.75, 3.05) is 13.1 Å². The maximum atomic E-state index is 13.1. The summed E-state index contributed by atoms with van der Waals surface area (Å²) < 4.78 is 39.3. The number of nitrogens with zero attached hydrogens (tertiary/aromatic N) is 1. The quantitative estimate of drug-likeness (QED) is 0.911. The fraction of sp³-hybridized carbons (Fsp3) is 0.611. The predicted octanol–water partition coefficient (Wildman–Crippen LogP) is 3.41. The van der Waals surface area contributed by atoms with Crippen molar-refractivity contribution < 1.29 is 18.0 Å². The van der Waals surface area contributed by atoms with Crippen LogP contribution < -0.4 is 5.32 Å². The molecule has 1 amide bonds. The predicted molar refractivity (Wildman–Crippen MR) is 85.5 cm³/mol. The topological polar surface area (TPSA) is 32.3 Å². The summed E-state index contributed by atoms with van der Waals surface area (Å²) in [6.45, 7) is 6.01. The van der Waals surface area contributed by atoms with Gasteiger partial charge in [-0.1, -0.05) is 18.2 Å². The van der Waals surface area contributed by atoms with Crippen LogP contribution in [0.25, 0.3) is 0 Å². The summed E-state index contributed by atoms with van der Waals surface area (Å²) in [5, 5.41) is 3.02. The Labute approximate surface area is 140 Å². The fourth-order valence-electron chi connectivity index (χ4n) is 3.59. The summed E-state index contributed by atoms with van der Waals surface area (Å²) in [6, 6.07) is 6.15. The van der Waals surface area contributed by atoms with Gasteiger partial charge < -0.3 is 5.32 Å². The highest BCUT2D eigenvalue weighted by Gasteiger charge is 2.48. The molecule has 3 nitrogen and oxygen atoms in total. The van der Waals surface area contributed by atoms with Gasteiger partial charge in [-0.2, -0.15) is 13.2 Å². The van der Waals surface area contributed by atoms with Crippen LogP contribution in [0.4, 0.5) is 13.2 Å². The molecule has 1 aliphatic heterocycles. The first kappa shape index (κ1) is 17.3. The molecule has 0 spiro atoms. The molecule has 2 aliphatic rings. The van der Waals surface area contributed by atoms with Crippen LogP contribution in [-0.4, -0.2) is 36.0 Å². The third-order valence-electron chi connectivity index (χ3n) is 5.09. The van der Waals surface area contributed by atoms with Crippen LogP contribution in [0.2, 0.25) is 0 Å². The Bertz CT molecular complexity index is 615. The number of amides is 1. The van der Waals surface area contributed by atoms with Crippen molar-refractivity contribution in [2.24, 2.45) is 5.92 Å². The summed E-state index contributed by atoms with van der Waals surface area (Å²) in [7, 11) is 0. The molecule has 3 atom stereocenters. The first-order valence-corrected chi connectivity index (χ1v) is 8.48. The number of rotatable bonds is 4. The van der Waals surface area contributed by atoms with E-state index in [0.717, 1.165) is 25.6 Å². The molecule has 1 N–H and O–H groups in total. The SMILES string of the molecule is CC(C)N1CC[C@H](NC(=O)[C@@H]2C[C@@H]2c2ccccc2C(F)(F)F)C1. The number of carbonyl (C=O) groups excluding carboxylic acids is 1. The molecule has 6 heteroatoms. The van der Waals surface area contributed by atoms with Gasteiger partial charge in [-0.25, -0.2) is 0 Å². The van der Waals surface area contributed by atoms with Crippen LogP contribution in [-0.2, 0) is 11.0 Å². The first-order chi connectivity index (χ1) is 11.3. The van der Waals surface area contributed by atoms with E-state index in [2.05, 4.69) is 24.1 Å². The molecule has 1 saturated carbocycles. The lowest BCUT2D eigenvalue weighted by atomic mass is 10.0. The minimum absolute atomic E-state index is 0.104. The lowest BCUT2D eigenvalue weighted by Crippen LogP contribution is -2.39. The van der Waals surface area contributed by atoms with Gasteiger partial charge in [-0.3, -0.25) is 9.69 Å². The maximum Gasteiger partial charge on any atom is 0.416 e. The number of hydrogen-bond donors (Lipinski definition) is 1. The van der Waals surface area contributed by atoms with Crippen LogP contribution in [0, 0.1) is 5.92 Å². The van der Waals surface area contributed by atoms with Crippen LogP contribution >= 0.6 is 0 Å². The third-order valence-corrected chi connectivity index (χ3v) is 5.09. The van der Waals surface area contributed by atoms with Gasteiger partial charge in [0.05, 0.1) is 5.56 Å². The van der Waals surface area contributed by atoms with Crippen molar-refractivity contribution in [3.05, 3.63) is 35.4 Å². The summed E-state index contributed by atoms with van der Waals surface area (Å²) in [4.78, 5) is 14.7. The van der Waals surface area contributed by atoms with Gasteiger partial charge in [-0.15, -0.1) is 0 Å². The molecule has 0 unspecified atom stereocenters. The second kappa shape index (κ2) is 6.39. The Hall–Kier alpha value is -1.56. The van der Waals surface area contributed by atoms with E-state index in [1.165, 1.54) is 12.1 Å². The lowest BCUT2D eigenvalue weighted by Gasteiger charge is -2.20. The molecule has 2 fully saturated rings. The summed E-state index contributed by atoms with van der Waals surface area (Å²) in [6.07, 6.45) is -2.97. The van der Waals surface area contributed by atoms with Crippen molar-refractivity contribution in [1.29, 1.82) is 0 Å². The number of alkyl halides is 3. The highest BCUT2D eigenvalue weighted by atomic mass is 19.4. The molecule has 132 valence electrons. The molecule has 1 saturated heterocycles. The summed E-state index contributed by atoms with van der Waals surface area (Å²) in [5.41, 5.74) is -0.363. The summed E-state index contributed by atoms with van der Waals surface area (Å²) in [5.74, 6) is -0.750. The molecule has 1 heterocycles. The Morgan fingerprint density at radius 2 is 2.00 bits per heavy atom. The monoisotopic (exact) mass is 340 g/mol. The first-order valence-electron chi connectivity index (χ1n) is 8.48. The smallest absolute Gasteiger partial charge is 0.352 e. The molecule has 1 aromatic rings. The second-order valence-corrected chi connectivity index (χ2v) is 7.12. The molecule has 3 rings (SSSR count). The van der Waals surface area contributed by atoms with E-state index >= 15 is 0 Å². The van der Waals surface area contributed by atoms with E-state index < -0.39 is 11.7 Å². The molecule has 0 radical (unpaired) electrons. The van der Waals surface area contributed by atoms with E-state index in [1.54, 1.807) is 6.07 Å². The lowest BCUT2D eigenvalue weighted by molar-refractivity contribution is -0.138. The van der Waals surface area contributed by atoms with E-state index in [1.807, 2.05) is 0 Å². The number of benzene rings is 1. The second-order valence-electron chi connectivity index (χ2n) is 7.12. The summed E-state index contributed by atoms with van der Waals surface area (Å²) >= 11 is 0. The Balaban J connectivity index is 1.61. The Morgan fingerprint density at radius 1 is 1.29 bits per heavy atom. The van der Waals surface area contributed by atoms with Crippen molar-refractivity contribution in [1.82, 2.24) is 10.2 Å². The molecular weight excluding hydrogens is 317 g/mol. The normalized spacial score (nSPS) is 27.5. The van der Waals surface area contributed by atoms with Crippen molar-refractivity contribution >= 4 is 5.91 Å². The van der Waals surface area contributed by atoms with Gasteiger partial charge in [0.2, 0.25) is 5.91 Å². The molecule has 1 aliphatic carbocycles. The van der Waals surface area contributed by atoms with Gasteiger partial charge in [0.15, 0.2) is 0 Å². The van der Waals surface area contributed by atoms with Crippen molar-refractivity contribution in [3.8, 4) is 0 Å². The van der Waals surface area contributed by atoms with Gasteiger partial charge in [0.1, 0.15) is 0 Å². The Morgan fingerprint density at radius 3 is 2.62 bits per heavy atom. The number of halogens is 3. The number of likely N-dealkylation sites (tertiary alicyclic amines) is 1.